The van der Waals surface area contributed by atoms with Gasteiger partial charge in [-0.15, -0.1) is 0 Å². The van der Waals surface area contributed by atoms with Crippen LogP contribution < -0.4 is 15.5 Å². The molecule has 1 aliphatic rings. The number of nitro groups is 1. The van der Waals surface area contributed by atoms with Crippen LogP contribution in [0.3, 0.4) is 0 Å². The lowest BCUT2D eigenvalue weighted by molar-refractivity contribution is -0.384. The van der Waals surface area contributed by atoms with Crippen molar-refractivity contribution in [3.8, 4) is 0 Å². The minimum Gasteiger partial charge on any atom is -0.388 e. The summed E-state index contributed by atoms with van der Waals surface area (Å²) in [5.41, 5.74) is 2.36. The molecule has 1 heterocycles. The van der Waals surface area contributed by atoms with Crippen molar-refractivity contribution >= 4 is 17.1 Å². The van der Waals surface area contributed by atoms with Gasteiger partial charge in [-0.3, -0.25) is 10.1 Å². The number of rotatable bonds is 3. The summed E-state index contributed by atoms with van der Waals surface area (Å²) in [6.45, 7) is 7.85. The molecular weight excluding hydrogens is 316 g/mol. The molecule has 0 aromatic heterocycles. The topological polar surface area (TPSA) is 70.4 Å². The number of nitrogens with zero attached hydrogens (tertiary/aromatic N) is 2. The summed E-state index contributed by atoms with van der Waals surface area (Å²) in [6.07, 6.45) is 0. The lowest BCUT2D eigenvalue weighted by atomic mass is 10.2. The van der Waals surface area contributed by atoms with E-state index in [2.05, 4.69) is 15.5 Å². The molecule has 2 aromatic carbocycles. The fourth-order valence-electron chi connectivity index (χ4n) is 2.31. The predicted molar refractivity (Wildman–Crippen MR) is 106 cm³/mol. The fourth-order valence-corrected chi connectivity index (χ4v) is 2.31. The second kappa shape index (κ2) is 11.9. The number of hydrogen-bond donors (Lipinski definition) is 2. The smallest absolute Gasteiger partial charge is 0.269 e. The van der Waals surface area contributed by atoms with Gasteiger partial charge in [0.05, 0.1) is 4.92 Å². The Balaban J connectivity index is 0.000000264. The predicted octanol–water partition coefficient (Wildman–Crippen LogP) is 3.76. The van der Waals surface area contributed by atoms with Crippen molar-refractivity contribution in [3.63, 3.8) is 0 Å². The Kier molecular flexibility index (Phi) is 9.70. The maximum atomic E-state index is 10.5. The summed E-state index contributed by atoms with van der Waals surface area (Å²) in [4.78, 5) is 12.3. The highest BCUT2D eigenvalue weighted by Gasteiger charge is 2.11. The molecule has 1 fully saturated rings. The summed E-state index contributed by atoms with van der Waals surface area (Å²) < 4.78 is 0. The molecule has 0 radical (unpaired) electrons. The molecule has 3 rings (SSSR count). The summed E-state index contributed by atoms with van der Waals surface area (Å²) in [5.74, 6) is 0. The zero-order valence-corrected chi connectivity index (χ0v) is 15.2. The molecule has 1 saturated heterocycles. The third-order valence-corrected chi connectivity index (χ3v) is 3.61. The lowest BCUT2D eigenvalue weighted by Crippen LogP contribution is -2.43. The molecule has 1 aliphatic heterocycles. The second-order valence-corrected chi connectivity index (χ2v) is 5.13. The molecule has 2 aromatic rings. The average molecular weight is 344 g/mol. The zero-order chi connectivity index (χ0) is 18.5. The van der Waals surface area contributed by atoms with Crippen LogP contribution in [0.5, 0.6) is 0 Å². The minimum atomic E-state index is -0.373. The van der Waals surface area contributed by atoms with E-state index in [0.717, 1.165) is 37.6 Å². The van der Waals surface area contributed by atoms with Crippen molar-refractivity contribution in [2.45, 2.75) is 13.8 Å². The van der Waals surface area contributed by atoms with E-state index in [4.69, 9.17) is 0 Å². The van der Waals surface area contributed by atoms with Gasteiger partial charge in [-0.1, -0.05) is 32.0 Å². The Morgan fingerprint density at radius 2 is 1.56 bits per heavy atom. The summed E-state index contributed by atoms with van der Waals surface area (Å²) in [7, 11) is 1.91. The highest BCUT2D eigenvalue weighted by Crippen LogP contribution is 2.19. The molecular formula is C19H28N4O2. The number of hydrogen-bond acceptors (Lipinski definition) is 5. The normalized spacial score (nSPS) is 12.8. The van der Waals surface area contributed by atoms with E-state index >= 15 is 0 Å². The van der Waals surface area contributed by atoms with Gasteiger partial charge in [0, 0.05) is 56.7 Å². The van der Waals surface area contributed by atoms with Crippen LogP contribution in [-0.4, -0.2) is 38.2 Å². The van der Waals surface area contributed by atoms with Gasteiger partial charge in [-0.2, -0.15) is 0 Å². The van der Waals surface area contributed by atoms with Gasteiger partial charge in [0.25, 0.3) is 5.69 Å². The summed E-state index contributed by atoms with van der Waals surface area (Å²) in [5, 5.41) is 16.8. The van der Waals surface area contributed by atoms with E-state index in [-0.39, 0.29) is 10.6 Å². The first-order valence-electron chi connectivity index (χ1n) is 8.63. The quantitative estimate of drug-likeness (QED) is 0.655. The van der Waals surface area contributed by atoms with E-state index in [0.29, 0.717) is 0 Å². The molecule has 0 atom stereocenters. The Morgan fingerprint density at radius 1 is 1.00 bits per heavy atom. The van der Waals surface area contributed by atoms with Crippen LogP contribution in [0, 0.1) is 10.1 Å². The number of benzene rings is 2. The zero-order valence-electron chi connectivity index (χ0n) is 15.2. The number of piperazine rings is 1. The summed E-state index contributed by atoms with van der Waals surface area (Å²) in [6, 6.07) is 16.8. The first-order chi connectivity index (χ1) is 12.2. The van der Waals surface area contributed by atoms with E-state index in [1.54, 1.807) is 12.1 Å². The van der Waals surface area contributed by atoms with Gasteiger partial charge in [-0.25, -0.2) is 0 Å². The van der Waals surface area contributed by atoms with E-state index < -0.39 is 0 Å². The number of nitro benzene ring substituents is 1. The molecule has 25 heavy (non-hydrogen) atoms. The summed E-state index contributed by atoms with van der Waals surface area (Å²) >= 11 is 0. The van der Waals surface area contributed by atoms with Crippen LogP contribution in [-0.2, 0) is 0 Å². The molecule has 6 nitrogen and oxygen atoms in total. The number of anilines is 2. The van der Waals surface area contributed by atoms with Crippen molar-refractivity contribution in [1.29, 1.82) is 0 Å². The van der Waals surface area contributed by atoms with Crippen molar-refractivity contribution in [3.05, 3.63) is 64.7 Å². The third-order valence-electron chi connectivity index (χ3n) is 3.61. The van der Waals surface area contributed by atoms with Crippen LogP contribution in [0.15, 0.2) is 54.6 Å². The van der Waals surface area contributed by atoms with Crippen LogP contribution in [0.2, 0.25) is 0 Å². The van der Waals surface area contributed by atoms with Crippen molar-refractivity contribution < 1.29 is 4.92 Å². The number of nitrogens with one attached hydrogen (secondary N) is 2. The van der Waals surface area contributed by atoms with Gasteiger partial charge >= 0.3 is 0 Å². The lowest BCUT2D eigenvalue weighted by Gasteiger charge is -2.29. The van der Waals surface area contributed by atoms with Gasteiger partial charge in [-0.05, 0) is 24.3 Å². The molecule has 0 bridgehead atoms. The maximum Gasteiger partial charge on any atom is 0.269 e. The largest absolute Gasteiger partial charge is 0.388 e. The molecule has 0 spiro atoms. The van der Waals surface area contributed by atoms with Gasteiger partial charge in [0.2, 0.25) is 0 Å². The molecule has 136 valence electrons. The van der Waals surface area contributed by atoms with Crippen molar-refractivity contribution in [2.75, 3.05) is 43.4 Å². The Bertz CT molecular complexity index is 597. The van der Waals surface area contributed by atoms with Gasteiger partial charge < -0.3 is 15.5 Å². The van der Waals surface area contributed by atoms with Gasteiger partial charge in [0.1, 0.15) is 0 Å². The first kappa shape index (κ1) is 20.4. The molecule has 2 N–H and O–H groups in total. The van der Waals surface area contributed by atoms with Gasteiger partial charge in [0.15, 0.2) is 0 Å². The second-order valence-electron chi connectivity index (χ2n) is 5.13. The number of para-hydroxylation sites is 1. The fraction of sp³-hybridized carbons (Fsp3) is 0.368. The average Bonchev–Trinajstić information content (AvgIpc) is 2.71. The highest BCUT2D eigenvalue weighted by atomic mass is 16.6. The van der Waals surface area contributed by atoms with E-state index in [1.165, 1.54) is 0 Å². The first-order valence-corrected chi connectivity index (χ1v) is 8.63. The van der Waals surface area contributed by atoms with Crippen LogP contribution >= 0.6 is 0 Å². The molecule has 0 aliphatic carbocycles. The minimum absolute atomic E-state index is 0.147. The molecule has 6 heteroatoms. The standard InChI is InChI=1S/C10H13N3O2.C7H9N.C2H6/c14-13(15)10-3-1-9(2-4-10)12-7-5-11-6-8-12;1-8-7-5-3-2-4-6-7;1-2/h1-4,11H,5-8H2;2-6,8H,1H3;1-2H3. The van der Waals surface area contributed by atoms with Crippen LogP contribution in [0.1, 0.15) is 13.8 Å². The highest BCUT2D eigenvalue weighted by molar-refractivity contribution is 5.51. The molecule has 0 amide bonds. The van der Waals surface area contributed by atoms with E-state index in [9.17, 15) is 10.1 Å². The van der Waals surface area contributed by atoms with Crippen molar-refractivity contribution in [1.82, 2.24) is 5.32 Å². The van der Waals surface area contributed by atoms with Crippen LogP contribution in [0.25, 0.3) is 0 Å². The maximum absolute atomic E-state index is 10.5. The van der Waals surface area contributed by atoms with Crippen LogP contribution in [0.4, 0.5) is 17.1 Å². The monoisotopic (exact) mass is 344 g/mol. The Labute approximate surface area is 150 Å². The SMILES string of the molecule is CC.CNc1ccccc1.O=[N+]([O-])c1ccc(N2CCNCC2)cc1. The molecule has 0 saturated carbocycles. The third kappa shape index (κ3) is 7.22. The van der Waals surface area contributed by atoms with E-state index in [1.807, 2.05) is 63.4 Å². The van der Waals surface area contributed by atoms with Crippen molar-refractivity contribution in [2.24, 2.45) is 0 Å². The number of non-ortho nitro benzene ring substituents is 1. The Hall–Kier alpha value is -2.60. The Morgan fingerprint density at radius 3 is 2.00 bits per heavy atom. The molecule has 0 unspecified atom stereocenters.